The first-order chi connectivity index (χ1) is 13.8. The molecule has 0 unspecified atom stereocenters. The van der Waals surface area contributed by atoms with Gasteiger partial charge in [-0.3, -0.25) is 4.99 Å². The number of hydrogen-bond donors (Lipinski definition) is 1. The lowest BCUT2D eigenvalue weighted by atomic mass is 10.2. The molecule has 0 atom stereocenters. The lowest BCUT2D eigenvalue weighted by Gasteiger charge is -2.22. The molecule has 0 saturated heterocycles. The highest BCUT2D eigenvalue weighted by molar-refractivity contribution is 14.0. The van der Waals surface area contributed by atoms with Crippen molar-refractivity contribution in [2.45, 2.75) is 31.0 Å². The van der Waals surface area contributed by atoms with E-state index < -0.39 is 10.0 Å². The average Bonchev–Trinajstić information content (AvgIpc) is 3.17. The van der Waals surface area contributed by atoms with Crippen LogP contribution in [0.1, 0.15) is 24.3 Å². The Morgan fingerprint density at radius 2 is 1.77 bits per heavy atom. The molecule has 168 valence electrons. The molecule has 1 N–H and O–H groups in total. The van der Waals surface area contributed by atoms with E-state index in [1.54, 1.807) is 25.2 Å². The van der Waals surface area contributed by atoms with Crippen LogP contribution in [0.2, 0.25) is 0 Å². The predicted molar refractivity (Wildman–Crippen MR) is 133 cm³/mol. The molecule has 2 aromatic rings. The van der Waals surface area contributed by atoms with Crippen LogP contribution in [-0.4, -0.2) is 57.3 Å². The van der Waals surface area contributed by atoms with E-state index in [0.717, 1.165) is 16.4 Å². The van der Waals surface area contributed by atoms with Crippen molar-refractivity contribution in [1.82, 2.24) is 14.5 Å². The summed E-state index contributed by atoms with van der Waals surface area (Å²) in [7, 11) is 0.222. The SMILES string of the molecule is CCN(CC)S(=O)(=O)c1ccc(CCNC(=NC)N(C)Cc2ccc(F)cc2)s1.I. The van der Waals surface area contributed by atoms with Gasteiger partial charge in [0.15, 0.2) is 5.96 Å². The molecular formula is C20H30FIN4O2S2. The molecule has 1 heterocycles. The molecule has 0 bridgehead atoms. The molecule has 1 aromatic carbocycles. The Balaban J connectivity index is 0.00000450. The van der Waals surface area contributed by atoms with E-state index in [4.69, 9.17) is 0 Å². The summed E-state index contributed by atoms with van der Waals surface area (Å²) in [6.45, 7) is 5.84. The van der Waals surface area contributed by atoms with Gasteiger partial charge < -0.3 is 10.2 Å². The van der Waals surface area contributed by atoms with Crippen LogP contribution in [0.5, 0.6) is 0 Å². The molecule has 0 fully saturated rings. The monoisotopic (exact) mass is 568 g/mol. The first kappa shape index (κ1) is 26.8. The van der Waals surface area contributed by atoms with E-state index in [-0.39, 0.29) is 29.8 Å². The van der Waals surface area contributed by atoms with Crippen molar-refractivity contribution in [3.05, 3.63) is 52.7 Å². The minimum absolute atomic E-state index is 0. The summed E-state index contributed by atoms with van der Waals surface area (Å²) < 4.78 is 40.1. The van der Waals surface area contributed by atoms with Crippen molar-refractivity contribution in [3.63, 3.8) is 0 Å². The van der Waals surface area contributed by atoms with Gasteiger partial charge in [-0.15, -0.1) is 35.3 Å². The molecule has 30 heavy (non-hydrogen) atoms. The topological polar surface area (TPSA) is 65.0 Å². The fourth-order valence-electron chi connectivity index (χ4n) is 2.94. The molecular weight excluding hydrogens is 538 g/mol. The number of halogens is 2. The van der Waals surface area contributed by atoms with Crippen LogP contribution in [0.3, 0.4) is 0 Å². The number of benzene rings is 1. The fourth-order valence-corrected chi connectivity index (χ4v) is 5.91. The van der Waals surface area contributed by atoms with E-state index in [0.29, 0.717) is 36.8 Å². The maximum atomic E-state index is 13.0. The summed E-state index contributed by atoms with van der Waals surface area (Å²) >= 11 is 1.31. The van der Waals surface area contributed by atoms with Crippen LogP contribution in [0.15, 0.2) is 45.6 Å². The molecule has 10 heteroatoms. The molecule has 0 aliphatic rings. The first-order valence-electron chi connectivity index (χ1n) is 9.56. The summed E-state index contributed by atoms with van der Waals surface area (Å²) in [5.74, 6) is 0.471. The summed E-state index contributed by atoms with van der Waals surface area (Å²) in [6.07, 6.45) is 0.696. The molecule has 0 aliphatic heterocycles. The third-order valence-electron chi connectivity index (χ3n) is 4.50. The van der Waals surface area contributed by atoms with Gasteiger partial charge in [0.2, 0.25) is 0 Å². The van der Waals surface area contributed by atoms with Crippen LogP contribution in [-0.2, 0) is 23.0 Å². The largest absolute Gasteiger partial charge is 0.356 e. The summed E-state index contributed by atoms with van der Waals surface area (Å²) in [5.41, 5.74) is 0.987. The van der Waals surface area contributed by atoms with Crippen LogP contribution in [0.4, 0.5) is 4.39 Å². The number of rotatable bonds is 9. The molecule has 2 rings (SSSR count). The Bertz CT molecular complexity index is 913. The van der Waals surface area contributed by atoms with Gasteiger partial charge in [-0.1, -0.05) is 26.0 Å². The second-order valence-corrected chi connectivity index (χ2v) is 9.85. The Morgan fingerprint density at radius 1 is 1.13 bits per heavy atom. The first-order valence-corrected chi connectivity index (χ1v) is 11.8. The van der Waals surface area contributed by atoms with Gasteiger partial charge in [0.1, 0.15) is 10.0 Å². The molecule has 0 radical (unpaired) electrons. The zero-order valence-electron chi connectivity index (χ0n) is 17.8. The van der Waals surface area contributed by atoms with Gasteiger partial charge in [0.25, 0.3) is 10.0 Å². The minimum Gasteiger partial charge on any atom is -0.356 e. The van der Waals surface area contributed by atoms with Crippen LogP contribution >= 0.6 is 35.3 Å². The number of nitrogens with zero attached hydrogens (tertiary/aromatic N) is 3. The highest BCUT2D eigenvalue weighted by atomic mass is 127. The Kier molecular flexibility index (Phi) is 11.2. The Hall–Kier alpha value is -1.24. The van der Waals surface area contributed by atoms with Gasteiger partial charge >= 0.3 is 0 Å². The molecule has 1 aromatic heterocycles. The maximum absolute atomic E-state index is 13.0. The van der Waals surface area contributed by atoms with Gasteiger partial charge in [0, 0.05) is 45.2 Å². The Labute approximate surface area is 200 Å². The molecule has 0 saturated carbocycles. The minimum atomic E-state index is -3.40. The standard InChI is InChI=1S/C20H29FN4O2S2.HI/c1-5-25(6-2)29(26,27)19-12-11-18(28-19)13-14-23-20(22-3)24(4)15-16-7-9-17(21)10-8-16;/h7-12H,5-6,13-15H2,1-4H3,(H,22,23);1H. The number of thiophene rings is 1. The van der Waals surface area contributed by atoms with Crippen LogP contribution in [0.25, 0.3) is 0 Å². The van der Waals surface area contributed by atoms with Gasteiger partial charge in [-0.2, -0.15) is 4.31 Å². The van der Waals surface area contributed by atoms with Gasteiger partial charge in [0.05, 0.1) is 0 Å². The average molecular weight is 569 g/mol. The lowest BCUT2D eigenvalue weighted by Crippen LogP contribution is -2.39. The zero-order valence-corrected chi connectivity index (χ0v) is 21.7. The third-order valence-corrected chi connectivity index (χ3v) is 8.16. The second-order valence-electron chi connectivity index (χ2n) is 6.52. The molecule has 0 spiro atoms. The van der Waals surface area contributed by atoms with Crippen LogP contribution < -0.4 is 5.32 Å². The number of hydrogen-bond acceptors (Lipinski definition) is 4. The third kappa shape index (κ3) is 7.17. The van der Waals surface area contributed by atoms with E-state index in [1.165, 1.54) is 27.8 Å². The fraction of sp³-hybridized carbons (Fsp3) is 0.450. The van der Waals surface area contributed by atoms with Gasteiger partial charge in [-0.05, 0) is 36.2 Å². The van der Waals surface area contributed by atoms with Crippen molar-refractivity contribution in [1.29, 1.82) is 0 Å². The highest BCUT2D eigenvalue weighted by Gasteiger charge is 2.23. The second kappa shape index (κ2) is 12.6. The van der Waals surface area contributed by atoms with E-state index >= 15 is 0 Å². The van der Waals surface area contributed by atoms with Crippen molar-refractivity contribution in [3.8, 4) is 0 Å². The number of sulfonamides is 1. The lowest BCUT2D eigenvalue weighted by molar-refractivity contribution is 0.447. The Morgan fingerprint density at radius 3 is 2.33 bits per heavy atom. The highest BCUT2D eigenvalue weighted by Crippen LogP contribution is 2.25. The van der Waals surface area contributed by atoms with Crippen LogP contribution in [0, 0.1) is 5.82 Å². The van der Waals surface area contributed by atoms with E-state index in [2.05, 4.69) is 10.3 Å². The summed E-state index contributed by atoms with van der Waals surface area (Å²) in [4.78, 5) is 7.24. The quantitative estimate of drug-likeness (QED) is 0.284. The molecule has 0 amide bonds. The normalized spacial score (nSPS) is 12.0. The van der Waals surface area contributed by atoms with Crippen molar-refractivity contribution >= 4 is 51.3 Å². The maximum Gasteiger partial charge on any atom is 0.252 e. The summed E-state index contributed by atoms with van der Waals surface area (Å²) in [5, 5.41) is 3.29. The number of guanidine groups is 1. The van der Waals surface area contributed by atoms with E-state index in [1.807, 2.05) is 31.9 Å². The smallest absolute Gasteiger partial charge is 0.252 e. The van der Waals surface area contributed by atoms with Crippen molar-refractivity contribution in [2.75, 3.05) is 33.7 Å². The van der Waals surface area contributed by atoms with Crippen molar-refractivity contribution < 1.29 is 12.8 Å². The van der Waals surface area contributed by atoms with Crippen molar-refractivity contribution in [2.24, 2.45) is 4.99 Å². The molecule has 6 nitrogen and oxygen atoms in total. The van der Waals surface area contributed by atoms with Gasteiger partial charge in [-0.25, -0.2) is 12.8 Å². The predicted octanol–water partition coefficient (Wildman–Crippen LogP) is 3.79. The molecule has 0 aliphatic carbocycles. The van der Waals surface area contributed by atoms with E-state index in [9.17, 15) is 12.8 Å². The zero-order chi connectivity index (χ0) is 21.4. The summed E-state index contributed by atoms with van der Waals surface area (Å²) in [6, 6.07) is 9.95. The number of aliphatic imine (C=N–C) groups is 1. The number of nitrogens with one attached hydrogen (secondary N) is 1.